The topological polar surface area (TPSA) is 80.3 Å². The molecule has 9 heteroatoms. The standard InChI is InChI=1S/C29H30FN3O5/c30-24-12-10-22(11-13-24)27(34)31-14-15-32-16-18-33(19-17-32)29(20-36-25-8-4-5-9-26(25)38-29)21-37-28(35)23-6-2-1-3-7-23/h1-13H,14-21H2,(H,31,34). The van der Waals surface area contributed by atoms with E-state index in [1.165, 1.54) is 24.3 Å². The number of carbonyl (C=O) groups excluding carboxylic acids is 2. The number of nitrogens with zero attached hydrogens (tertiary/aromatic N) is 2. The second-order valence-corrected chi connectivity index (χ2v) is 9.32. The number of piperazine rings is 1. The van der Waals surface area contributed by atoms with Crippen molar-refractivity contribution in [2.75, 3.05) is 52.5 Å². The molecule has 2 aliphatic heterocycles. The first-order valence-electron chi connectivity index (χ1n) is 12.7. The van der Waals surface area contributed by atoms with Gasteiger partial charge < -0.3 is 19.5 Å². The predicted molar refractivity (Wildman–Crippen MR) is 139 cm³/mol. The molecule has 3 aromatic rings. The minimum atomic E-state index is -0.957. The van der Waals surface area contributed by atoms with Crippen LogP contribution in [0.2, 0.25) is 0 Å². The molecule has 1 saturated heterocycles. The first kappa shape index (κ1) is 25.7. The van der Waals surface area contributed by atoms with Gasteiger partial charge in [0.2, 0.25) is 5.72 Å². The van der Waals surface area contributed by atoms with Gasteiger partial charge in [-0.25, -0.2) is 9.18 Å². The van der Waals surface area contributed by atoms with Crippen molar-refractivity contribution in [3.05, 3.63) is 95.8 Å². The fraction of sp³-hybridized carbons (Fsp3) is 0.310. The van der Waals surface area contributed by atoms with E-state index in [2.05, 4.69) is 15.1 Å². The minimum Gasteiger partial charge on any atom is -0.484 e. The van der Waals surface area contributed by atoms with Crippen LogP contribution in [0.25, 0.3) is 0 Å². The van der Waals surface area contributed by atoms with Crippen molar-refractivity contribution in [2.45, 2.75) is 5.72 Å². The Kier molecular flexibility index (Phi) is 7.86. The van der Waals surface area contributed by atoms with Gasteiger partial charge in [0.1, 0.15) is 19.0 Å². The molecule has 0 bridgehead atoms. The molecule has 198 valence electrons. The normalized spacial score (nSPS) is 19.5. The van der Waals surface area contributed by atoms with Crippen molar-refractivity contribution in [3.63, 3.8) is 0 Å². The molecule has 1 fully saturated rings. The molecule has 38 heavy (non-hydrogen) atoms. The van der Waals surface area contributed by atoms with Gasteiger partial charge in [-0.3, -0.25) is 14.6 Å². The molecule has 0 spiro atoms. The van der Waals surface area contributed by atoms with Gasteiger partial charge in [0.25, 0.3) is 5.91 Å². The summed E-state index contributed by atoms with van der Waals surface area (Å²) in [6.45, 7) is 4.21. The molecule has 8 nitrogen and oxygen atoms in total. The Morgan fingerprint density at radius 1 is 0.868 bits per heavy atom. The molecule has 1 atom stereocenters. The van der Waals surface area contributed by atoms with Crippen molar-refractivity contribution in [1.82, 2.24) is 15.1 Å². The van der Waals surface area contributed by atoms with Crippen LogP contribution < -0.4 is 14.8 Å². The summed E-state index contributed by atoms with van der Waals surface area (Å²) < 4.78 is 31.4. The van der Waals surface area contributed by atoms with E-state index < -0.39 is 11.7 Å². The highest BCUT2D eigenvalue weighted by Gasteiger charge is 2.46. The van der Waals surface area contributed by atoms with E-state index in [4.69, 9.17) is 14.2 Å². The summed E-state index contributed by atoms with van der Waals surface area (Å²) >= 11 is 0. The molecule has 0 radical (unpaired) electrons. The van der Waals surface area contributed by atoms with Crippen LogP contribution in [0.1, 0.15) is 20.7 Å². The first-order chi connectivity index (χ1) is 18.5. The van der Waals surface area contributed by atoms with Gasteiger partial charge in [-0.2, -0.15) is 0 Å². The van der Waals surface area contributed by atoms with Crippen molar-refractivity contribution in [2.24, 2.45) is 0 Å². The maximum atomic E-state index is 13.1. The number of halogens is 1. The number of hydrogen-bond acceptors (Lipinski definition) is 7. The van der Waals surface area contributed by atoms with Crippen molar-refractivity contribution in [3.8, 4) is 11.5 Å². The number of carbonyl (C=O) groups is 2. The molecule has 0 aliphatic carbocycles. The molecule has 1 N–H and O–H groups in total. The number of benzene rings is 3. The van der Waals surface area contributed by atoms with Gasteiger partial charge >= 0.3 is 5.97 Å². The second-order valence-electron chi connectivity index (χ2n) is 9.32. The lowest BCUT2D eigenvalue weighted by Crippen LogP contribution is -2.66. The predicted octanol–water partition coefficient (Wildman–Crippen LogP) is 3.20. The fourth-order valence-corrected chi connectivity index (χ4v) is 4.64. The highest BCUT2D eigenvalue weighted by molar-refractivity contribution is 5.94. The Hall–Kier alpha value is -3.95. The highest BCUT2D eigenvalue weighted by Crippen LogP contribution is 2.37. The molecule has 3 aromatic carbocycles. The van der Waals surface area contributed by atoms with Crippen molar-refractivity contribution >= 4 is 11.9 Å². The first-order valence-corrected chi connectivity index (χ1v) is 12.7. The molecule has 2 aliphatic rings. The summed E-state index contributed by atoms with van der Waals surface area (Å²) in [5.41, 5.74) is -0.0491. The van der Waals surface area contributed by atoms with Gasteiger partial charge in [-0.1, -0.05) is 30.3 Å². The van der Waals surface area contributed by atoms with Crippen LogP contribution in [0.4, 0.5) is 4.39 Å². The lowest BCUT2D eigenvalue weighted by molar-refractivity contribution is -0.164. The molecular formula is C29H30FN3O5. The third-order valence-electron chi connectivity index (χ3n) is 6.81. The second kappa shape index (κ2) is 11.6. The van der Waals surface area contributed by atoms with E-state index >= 15 is 0 Å². The van der Waals surface area contributed by atoms with Crippen LogP contribution >= 0.6 is 0 Å². The number of amides is 1. The van der Waals surface area contributed by atoms with E-state index in [1.807, 2.05) is 30.3 Å². The smallest absolute Gasteiger partial charge is 0.338 e. The van der Waals surface area contributed by atoms with Gasteiger partial charge in [0.05, 0.1) is 5.56 Å². The summed E-state index contributed by atoms with van der Waals surface area (Å²) in [4.78, 5) is 29.4. The molecule has 2 heterocycles. The van der Waals surface area contributed by atoms with E-state index in [0.717, 1.165) is 13.1 Å². The third-order valence-corrected chi connectivity index (χ3v) is 6.81. The molecule has 0 aromatic heterocycles. The monoisotopic (exact) mass is 519 g/mol. The maximum Gasteiger partial charge on any atom is 0.338 e. The summed E-state index contributed by atoms with van der Waals surface area (Å²) in [7, 11) is 0. The molecular weight excluding hydrogens is 489 g/mol. The molecule has 1 amide bonds. The zero-order valence-electron chi connectivity index (χ0n) is 21.0. The van der Waals surface area contributed by atoms with E-state index in [-0.39, 0.29) is 24.9 Å². The SMILES string of the molecule is O=C(NCCN1CCN(C2(COC(=O)c3ccccc3)COc3ccccc3O2)CC1)c1ccc(F)cc1. The van der Waals surface area contributed by atoms with Crippen LogP contribution in [0.3, 0.4) is 0 Å². The zero-order valence-corrected chi connectivity index (χ0v) is 21.0. The zero-order chi connectivity index (χ0) is 26.4. The number of nitrogens with one attached hydrogen (secondary N) is 1. The number of rotatable bonds is 8. The fourth-order valence-electron chi connectivity index (χ4n) is 4.64. The maximum absolute atomic E-state index is 13.1. The summed E-state index contributed by atoms with van der Waals surface area (Å²) in [5, 5.41) is 2.89. The van der Waals surface area contributed by atoms with Gasteiger partial charge in [0, 0.05) is 44.8 Å². The number of hydrogen-bond donors (Lipinski definition) is 1. The lowest BCUT2D eigenvalue weighted by atomic mass is 10.1. The summed E-state index contributed by atoms with van der Waals surface area (Å²) in [6.07, 6.45) is 0. The van der Waals surface area contributed by atoms with Crippen LogP contribution in [0.15, 0.2) is 78.9 Å². The molecule has 1 unspecified atom stereocenters. The number of ether oxygens (including phenoxy) is 3. The highest BCUT2D eigenvalue weighted by atomic mass is 19.1. The van der Waals surface area contributed by atoms with Gasteiger partial charge in [0.15, 0.2) is 11.5 Å². The largest absolute Gasteiger partial charge is 0.484 e. The van der Waals surface area contributed by atoms with Crippen LogP contribution in [-0.2, 0) is 4.74 Å². The lowest BCUT2D eigenvalue weighted by Gasteiger charge is -2.48. The average Bonchev–Trinajstić information content (AvgIpc) is 2.97. The number of fused-ring (bicyclic) bond motifs is 1. The van der Waals surface area contributed by atoms with E-state index in [0.29, 0.717) is 48.8 Å². The van der Waals surface area contributed by atoms with E-state index in [9.17, 15) is 14.0 Å². The van der Waals surface area contributed by atoms with E-state index in [1.54, 1.807) is 24.3 Å². The van der Waals surface area contributed by atoms with Gasteiger partial charge in [-0.15, -0.1) is 0 Å². The van der Waals surface area contributed by atoms with Gasteiger partial charge in [-0.05, 0) is 48.5 Å². The van der Waals surface area contributed by atoms with Crippen molar-refractivity contribution < 1.29 is 28.2 Å². The number of esters is 1. The Bertz CT molecular complexity index is 1250. The third kappa shape index (κ3) is 5.95. The quantitative estimate of drug-likeness (QED) is 0.458. The Morgan fingerprint density at radius 3 is 2.29 bits per heavy atom. The average molecular weight is 520 g/mol. The van der Waals surface area contributed by atoms with Crippen LogP contribution in [0, 0.1) is 5.82 Å². The van der Waals surface area contributed by atoms with Crippen molar-refractivity contribution in [1.29, 1.82) is 0 Å². The van der Waals surface area contributed by atoms with Crippen LogP contribution in [0.5, 0.6) is 11.5 Å². The minimum absolute atomic E-state index is 0.0167. The Morgan fingerprint density at radius 2 is 1.55 bits per heavy atom. The Balaban J connectivity index is 1.18. The Labute approximate surface area is 220 Å². The summed E-state index contributed by atoms with van der Waals surface area (Å²) in [5.74, 6) is 0.258. The summed E-state index contributed by atoms with van der Waals surface area (Å²) in [6, 6.07) is 21.8. The molecule has 5 rings (SSSR count). The number of para-hydroxylation sites is 2. The molecule has 0 saturated carbocycles. The van der Waals surface area contributed by atoms with Crippen LogP contribution in [-0.4, -0.2) is 79.9 Å².